The number of pyridine rings is 1. The van der Waals surface area contributed by atoms with Gasteiger partial charge in [0.15, 0.2) is 12.4 Å². The number of para-hydroxylation sites is 2. The summed E-state index contributed by atoms with van der Waals surface area (Å²) in [7, 11) is -4.67. The minimum atomic E-state index is -4.67. The molecule has 0 fully saturated rings. The molecule has 164 valence electrons. The maximum atomic E-state index is 12.5. The summed E-state index contributed by atoms with van der Waals surface area (Å²) in [6.07, 6.45) is -3.09. The number of benzene rings is 1. The number of fused-ring (bicyclic) bond motifs is 1. The van der Waals surface area contributed by atoms with Gasteiger partial charge >= 0.3 is 21.7 Å². The molecule has 0 aliphatic carbocycles. The van der Waals surface area contributed by atoms with Crippen LogP contribution in [0.4, 0.5) is 13.2 Å². The van der Waals surface area contributed by atoms with E-state index in [1.54, 1.807) is 13.0 Å². The zero-order valence-corrected chi connectivity index (χ0v) is 16.9. The number of H-pyrrole nitrogens is 1. The third kappa shape index (κ3) is 7.79. The van der Waals surface area contributed by atoms with Crippen molar-refractivity contribution in [2.24, 2.45) is 0 Å². The Morgan fingerprint density at radius 3 is 2.47 bits per heavy atom. The molecule has 0 radical (unpaired) electrons. The smallest absolute Gasteiger partial charge is 0.422 e. The average Bonchev–Trinajstić information content (AvgIpc) is 3.04. The van der Waals surface area contributed by atoms with Crippen LogP contribution in [0.25, 0.3) is 11.0 Å². The van der Waals surface area contributed by atoms with Crippen LogP contribution in [0.3, 0.4) is 0 Å². The molecule has 14 heteroatoms. The Bertz CT molecular complexity index is 1060. The maximum Gasteiger partial charge on any atom is 0.422 e. The van der Waals surface area contributed by atoms with Gasteiger partial charge in [-0.05, 0) is 25.1 Å². The minimum Gasteiger partial charge on any atom is -0.609 e. The molecule has 0 bridgehead atoms. The monoisotopic (exact) mass is 467 g/mol. The Morgan fingerprint density at radius 1 is 1.23 bits per heavy atom. The van der Waals surface area contributed by atoms with E-state index in [0.717, 1.165) is 5.52 Å². The Balaban J connectivity index is 0.000000575. The van der Waals surface area contributed by atoms with E-state index in [1.165, 1.54) is 12.3 Å². The lowest BCUT2D eigenvalue weighted by atomic mass is 10.2. The van der Waals surface area contributed by atoms with E-state index >= 15 is 0 Å². The molecule has 0 saturated carbocycles. The lowest BCUT2D eigenvalue weighted by molar-refractivity contribution is -0.153. The van der Waals surface area contributed by atoms with Crippen LogP contribution >= 0.6 is 0 Å². The third-order valence-corrected chi connectivity index (χ3v) is 4.66. The minimum absolute atomic E-state index is 0.0227. The average molecular weight is 467 g/mol. The van der Waals surface area contributed by atoms with Crippen molar-refractivity contribution in [1.82, 2.24) is 15.0 Å². The van der Waals surface area contributed by atoms with Crippen molar-refractivity contribution in [3.8, 4) is 5.75 Å². The number of imidazole rings is 1. The van der Waals surface area contributed by atoms with E-state index in [-0.39, 0.29) is 11.5 Å². The van der Waals surface area contributed by atoms with Gasteiger partial charge in [-0.2, -0.15) is 26.6 Å². The number of aromatic nitrogens is 3. The van der Waals surface area contributed by atoms with Crippen molar-refractivity contribution in [1.29, 1.82) is 0 Å². The molecule has 0 amide bonds. The van der Waals surface area contributed by atoms with Crippen molar-refractivity contribution in [2.75, 3.05) is 6.61 Å². The van der Waals surface area contributed by atoms with Crippen LogP contribution in [-0.4, -0.2) is 49.8 Å². The fraction of sp³-hybridized carbons (Fsp3) is 0.250. The summed E-state index contributed by atoms with van der Waals surface area (Å²) in [6, 6.07) is 8.62. The zero-order valence-electron chi connectivity index (χ0n) is 15.3. The van der Waals surface area contributed by atoms with Gasteiger partial charge in [0.25, 0.3) is 0 Å². The molecule has 2 heterocycles. The summed E-state index contributed by atoms with van der Waals surface area (Å²) in [5.41, 5.74) is 2.28. The summed E-state index contributed by atoms with van der Waals surface area (Å²) < 4.78 is 85.8. The van der Waals surface area contributed by atoms with Crippen molar-refractivity contribution >= 4 is 32.6 Å². The van der Waals surface area contributed by atoms with Crippen LogP contribution in [-0.2, 0) is 27.3 Å². The van der Waals surface area contributed by atoms with Gasteiger partial charge in [0.1, 0.15) is 5.75 Å². The normalized spacial score (nSPS) is 12.9. The first-order valence-corrected chi connectivity index (χ1v) is 10.7. The van der Waals surface area contributed by atoms with Gasteiger partial charge in [-0.3, -0.25) is 19.1 Å². The molecule has 0 aliphatic heterocycles. The van der Waals surface area contributed by atoms with Crippen LogP contribution in [0.1, 0.15) is 11.3 Å². The van der Waals surface area contributed by atoms with E-state index in [2.05, 4.69) is 15.0 Å². The standard InChI is InChI=1S/C16H14F3N3O2S.H2O4S/c1-10-13(20-7-6-14(10)24-9-16(17,18)19)8-25(23)15-21-11-4-2-3-5-12(11)22-15;1-5(2,3)4/h2-7H,8-9H2,1H3,(H,21,22);(H2,1,2,3,4). The lowest BCUT2D eigenvalue weighted by Crippen LogP contribution is -2.20. The Hall–Kier alpha value is -2.39. The molecule has 1 aromatic carbocycles. The topological polar surface area (TPSA) is 148 Å². The first-order valence-electron chi connectivity index (χ1n) is 8.00. The van der Waals surface area contributed by atoms with Crippen molar-refractivity contribution < 1.29 is 40.0 Å². The van der Waals surface area contributed by atoms with Crippen LogP contribution in [0.2, 0.25) is 0 Å². The highest BCUT2D eigenvalue weighted by molar-refractivity contribution is 7.90. The highest BCUT2D eigenvalue weighted by atomic mass is 32.3. The second-order valence-corrected chi connectivity index (χ2v) is 8.04. The third-order valence-electron chi connectivity index (χ3n) is 3.50. The van der Waals surface area contributed by atoms with Crippen LogP contribution in [0.5, 0.6) is 5.75 Å². The number of nitrogens with zero attached hydrogens (tertiary/aromatic N) is 2. The molecular weight excluding hydrogens is 451 g/mol. The molecular formula is C16H16F3N3O6S2. The molecule has 2 aromatic heterocycles. The fourth-order valence-electron chi connectivity index (χ4n) is 2.25. The second kappa shape index (κ2) is 9.61. The molecule has 0 aliphatic rings. The molecule has 30 heavy (non-hydrogen) atoms. The number of halogens is 3. The Labute approximate surface area is 172 Å². The molecule has 1 unspecified atom stereocenters. The number of nitrogens with one attached hydrogen (secondary N) is 1. The summed E-state index contributed by atoms with van der Waals surface area (Å²) in [6.45, 7) is 0.202. The van der Waals surface area contributed by atoms with Gasteiger partial charge in [0, 0.05) is 22.9 Å². The van der Waals surface area contributed by atoms with Gasteiger partial charge in [-0.1, -0.05) is 12.1 Å². The van der Waals surface area contributed by atoms with E-state index in [4.69, 9.17) is 22.3 Å². The molecule has 0 saturated heterocycles. The summed E-state index contributed by atoms with van der Waals surface area (Å²) in [5, 5.41) is 0.295. The van der Waals surface area contributed by atoms with Crippen LogP contribution in [0, 0.1) is 6.92 Å². The van der Waals surface area contributed by atoms with E-state index in [9.17, 15) is 17.7 Å². The van der Waals surface area contributed by atoms with Crippen LogP contribution in [0.15, 0.2) is 41.7 Å². The summed E-state index contributed by atoms with van der Waals surface area (Å²) in [4.78, 5) is 11.3. The van der Waals surface area contributed by atoms with Crippen molar-refractivity contribution in [2.45, 2.75) is 24.0 Å². The van der Waals surface area contributed by atoms with Gasteiger partial charge in [-0.25, -0.2) is 0 Å². The predicted octanol–water partition coefficient (Wildman–Crippen LogP) is 2.86. The number of hydrogen-bond donors (Lipinski definition) is 3. The summed E-state index contributed by atoms with van der Waals surface area (Å²) >= 11 is -1.51. The second-order valence-electron chi connectivity index (χ2n) is 5.78. The number of hydrogen-bond acceptors (Lipinski definition) is 6. The number of rotatable bonds is 5. The van der Waals surface area contributed by atoms with Gasteiger partial charge in [0.2, 0.25) is 0 Å². The highest BCUT2D eigenvalue weighted by Gasteiger charge is 2.29. The maximum absolute atomic E-state index is 12.5. The van der Waals surface area contributed by atoms with Gasteiger partial charge < -0.3 is 9.29 Å². The Kier molecular flexibility index (Phi) is 7.65. The van der Waals surface area contributed by atoms with Gasteiger partial charge in [0.05, 0.1) is 16.7 Å². The SMILES string of the molecule is Cc1c(OCC(F)(F)F)ccnc1C[S+]([O-])c1nc2ccccc2[nH]1.O=S(=O)(O)O. The first-order chi connectivity index (χ1) is 13.8. The quantitative estimate of drug-likeness (QED) is 0.383. The zero-order chi connectivity index (χ0) is 22.5. The molecule has 0 spiro atoms. The Morgan fingerprint density at radius 2 is 1.87 bits per heavy atom. The number of aromatic amines is 1. The largest absolute Gasteiger partial charge is 0.609 e. The molecule has 3 N–H and O–H groups in total. The summed E-state index contributed by atoms with van der Waals surface area (Å²) in [5.74, 6) is 0.0958. The highest BCUT2D eigenvalue weighted by Crippen LogP contribution is 2.25. The first kappa shape index (κ1) is 23.9. The van der Waals surface area contributed by atoms with E-state index in [1.807, 2.05) is 18.2 Å². The molecule has 3 aromatic rings. The molecule has 3 rings (SSSR count). The van der Waals surface area contributed by atoms with Gasteiger partial charge in [-0.15, -0.1) is 0 Å². The lowest BCUT2D eigenvalue weighted by Gasteiger charge is -2.14. The number of ether oxygens (including phenoxy) is 1. The van der Waals surface area contributed by atoms with Crippen molar-refractivity contribution in [3.63, 3.8) is 0 Å². The fourth-order valence-corrected chi connectivity index (χ4v) is 3.35. The van der Waals surface area contributed by atoms with E-state index in [0.29, 0.717) is 21.9 Å². The molecule has 9 nitrogen and oxygen atoms in total. The van der Waals surface area contributed by atoms with Crippen molar-refractivity contribution in [3.05, 3.63) is 47.8 Å². The number of alkyl halides is 3. The van der Waals surface area contributed by atoms with E-state index < -0.39 is 34.4 Å². The van der Waals surface area contributed by atoms with Crippen LogP contribution < -0.4 is 4.74 Å². The molecule has 1 atom stereocenters. The predicted molar refractivity (Wildman–Crippen MR) is 101 cm³/mol.